The first-order valence-electron chi connectivity index (χ1n) is 8.25. The molecule has 0 unspecified atom stereocenters. The molecule has 0 saturated heterocycles. The Hall–Kier alpha value is -3.25. The molecule has 0 radical (unpaired) electrons. The largest absolute Gasteiger partial charge is 0.338 e. The van der Waals surface area contributed by atoms with Crippen molar-refractivity contribution in [1.29, 1.82) is 0 Å². The highest BCUT2D eigenvalue weighted by Crippen LogP contribution is 2.35. The summed E-state index contributed by atoms with van der Waals surface area (Å²) >= 11 is 1.54. The number of nitrogens with zero attached hydrogens (tertiary/aromatic N) is 3. The maximum atomic E-state index is 13.4. The zero-order chi connectivity index (χ0) is 17.5. The minimum atomic E-state index is -0.0359. The van der Waals surface area contributed by atoms with Crippen LogP contribution in [0.2, 0.25) is 0 Å². The van der Waals surface area contributed by atoms with Crippen LogP contribution in [0, 0.1) is 0 Å². The highest BCUT2D eigenvalue weighted by Gasteiger charge is 2.25. The van der Waals surface area contributed by atoms with Gasteiger partial charge in [0.05, 0.1) is 33.6 Å². The molecule has 0 spiro atoms. The summed E-state index contributed by atoms with van der Waals surface area (Å²) in [4.78, 5) is 23.9. The average Bonchev–Trinajstić information content (AvgIpc) is 3.08. The molecular weight excluding hydrogens is 344 g/mol. The van der Waals surface area contributed by atoms with Crippen molar-refractivity contribution < 1.29 is 4.79 Å². The lowest BCUT2D eigenvalue weighted by Gasteiger charge is -2.22. The average molecular weight is 358 g/mol. The molecule has 4 aromatic rings. The van der Waals surface area contributed by atoms with Crippen molar-refractivity contribution in [2.75, 3.05) is 10.2 Å². The molecule has 1 N–H and O–H groups in total. The van der Waals surface area contributed by atoms with Crippen LogP contribution in [0.1, 0.15) is 15.9 Å². The molecule has 2 aromatic heterocycles. The summed E-state index contributed by atoms with van der Waals surface area (Å²) in [5.41, 5.74) is 6.07. The second-order valence-corrected chi connectivity index (χ2v) is 6.97. The SMILES string of the molecule is O=C(c1ccc2ncsc2c1)N1Cc2cccnc2Nc2ccccc21. The number of carbonyl (C=O) groups excluding carboxylic acids is 1. The van der Waals surface area contributed by atoms with Crippen molar-refractivity contribution in [3.05, 3.63) is 77.4 Å². The van der Waals surface area contributed by atoms with Gasteiger partial charge in [-0.05, 0) is 36.4 Å². The predicted molar refractivity (Wildman–Crippen MR) is 104 cm³/mol. The van der Waals surface area contributed by atoms with Crippen LogP contribution in [0.5, 0.6) is 0 Å². The molecular formula is C20H14N4OS. The first-order chi connectivity index (χ1) is 12.8. The second-order valence-electron chi connectivity index (χ2n) is 6.08. The molecule has 0 fully saturated rings. The highest BCUT2D eigenvalue weighted by atomic mass is 32.1. The predicted octanol–water partition coefficient (Wildman–Crippen LogP) is 4.60. The Kier molecular flexibility index (Phi) is 3.43. The number of pyridine rings is 1. The fraction of sp³-hybridized carbons (Fsp3) is 0.0500. The van der Waals surface area contributed by atoms with Gasteiger partial charge in [0.2, 0.25) is 0 Å². The number of thiazole rings is 1. The fourth-order valence-electron chi connectivity index (χ4n) is 3.20. The minimum absolute atomic E-state index is 0.0359. The van der Waals surface area contributed by atoms with E-state index in [4.69, 9.17) is 0 Å². The quantitative estimate of drug-likeness (QED) is 0.540. The topological polar surface area (TPSA) is 58.1 Å². The van der Waals surface area contributed by atoms with E-state index in [-0.39, 0.29) is 5.91 Å². The van der Waals surface area contributed by atoms with Gasteiger partial charge < -0.3 is 10.2 Å². The normalized spacial score (nSPS) is 12.8. The Morgan fingerprint density at radius 1 is 1.08 bits per heavy atom. The molecule has 0 saturated carbocycles. The van der Waals surface area contributed by atoms with Crippen molar-refractivity contribution in [2.45, 2.75) is 6.54 Å². The zero-order valence-corrected chi connectivity index (χ0v) is 14.5. The van der Waals surface area contributed by atoms with Gasteiger partial charge in [0.15, 0.2) is 0 Å². The summed E-state index contributed by atoms with van der Waals surface area (Å²) in [6.45, 7) is 0.465. The summed E-state index contributed by atoms with van der Waals surface area (Å²) in [6.07, 6.45) is 1.75. The third-order valence-corrected chi connectivity index (χ3v) is 5.28. The molecule has 1 aliphatic rings. The molecule has 5 rings (SSSR count). The molecule has 6 heteroatoms. The maximum absolute atomic E-state index is 13.4. The van der Waals surface area contributed by atoms with Gasteiger partial charge in [-0.1, -0.05) is 18.2 Å². The molecule has 0 aliphatic carbocycles. The number of rotatable bonds is 1. The Bertz CT molecular complexity index is 1140. The van der Waals surface area contributed by atoms with Crippen molar-refractivity contribution in [3.63, 3.8) is 0 Å². The molecule has 26 heavy (non-hydrogen) atoms. The van der Waals surface area contributed by atoms with Crippen LogP contribution >= 0.6 is 11.3 Å². The van der Waals surface area contributed by atoms with E-state index >= 15 is 0 Å². The summed E-state index contributed by atoms with van der Waals surface area (Å²) in [7, 11) is 0. The lowest BCUT2D eigenvalue weighted by molar-refractivity contribution is 0.0985. The molecule has 126 valence electrons. The van der Waals surface area contributed by atoms with Gasteiger partial charge in [0.1, 0.15) is 5.82 Å². The van der Waals surface area contributed by atoms with Gasteiger partial charge in [-0.3, -0.25) is 4.79 Å². The number of aromatic nitrogens is 2. The van der Waals surface area contributed by atoms with E-state index in [1.807, 2.05) is 54.6 Å². The number of benzene rings is 2. The summed E-state index contributed by atoms with van der Waals surface area (Å²) < 4.78 is 1.01. The van der Waals surface area contributed by atoms with E-state index in [1.165, 1.54) is 11.3 Å². The Labute approximate surface area is 154 Å². The Morgan fingerprint density at radius 3 is 2.96 bits per heavy atom. The van der Waals surface area contributed by atoms with Gasteiger partial charge in [-0.15, -0.1) is 11.3 Å². The Morgan fingerprint density at radius 2 is 2.00 bits per heavy atom. The van der Waals surface area contributed by atoms with Crippen LogP contribution in [-0.4, -0.2) is 15.9 Å². The van der Waals surface area contributed by atoms with E-state index in [1.54, 1.807) is 16.6 Å². The van der Waals surface area contributed by atoms with E-state index in [0.717, 1.165) is 33.0 Å². The molecule has 0 bridgehead atoms. The maximum Gasteiger partial charge on any atom is 0.258 e. The minimum Gasteiger partial charge on any atom is -0.338 e. The van der Waals surface area contributed by atoms with Crippen LogP contribution in [0.3, 0.4) is 0 Å². The lowest BCUT2D eigenvalue weighted by Crippen LogP contribution is -2.30. The molecule has 1 amide bonds. The fourth-order valence-corrected chi connectivity index (χ4v) is 3.92. The first kappa shape index (κ1) is 15.0. The molecule has 3 heterocycles. The number of fused-ring (bicyclic) bond motifs is 3. The summed E-state index contributed by atoms with van der Waals surface area (Å²) in [5.74, 6) is 0.749. The van der Waals surface area contributed by atoms with Crippen molar-refractivity contribution >= 4 is 44.7 Å². The summed E-state index contributed by atoms with van der Waals surface area (Å²) in [6, 6.07) is 17.4. The van der Waals surface area contributed by atoms with Gasteiger partial charge in [0, 0.05) is 17.3 Å². The smallest absolute Gasteiger partial charge is 0.258 e. The molecule has 1 aliphatic heterocycles. The van der Waals surface area contributed by atoms with E-state index in [9.17, 15) is 4.79 Å². The third kappa shape index (κ3) is 2.43. The number of hydrogen-bond donors (Lipinski definition) is 1. The number of amides is 1. The van der Waals surface area contributed by atoms with Crippen LogP contribution in [0.15, 0.2) is 66.3 Å². The number of nitrogens with one attached hydrogen (secondary N) is 1. The van der Waals surface area contributed by atoms with Crippen molar-refractivity contribution in [1.82, 2.24) is 9.97 Å². The van der Waals surface area contributed by atoms with Crippen LogP contribution < -0.4 is 10.2 Å². The molecule has 5 nitrogen and oxygen atoms in total. The lowest BCUT2D eigenvalue weighted by atomic mass is 10.1. The van der Waals surface area contributed by atoms with Gasteiger partial charge in [0.25, 0.3) is 5.91 Å². The third-order valence-electron chi connectivity index (χ3n) is 4.49. The first-order valence-corrected chi connectivity index (χ1v) is 9.12. The van der Waals surface area contributed by atoms with Gasteiger partial charge >= 0.3 is 0 Å². The second kappa shape index (κ2) is 5.93. The molecule has 0 atom stereocenters. The van der Waals surface area contributed by atoms with Gasteiger partial charge in [-0.2, -0.15) is 0 Å². The standard InChI is InChI=1S/C20H14N4OS/c25-20(13-7-8-16-18(10-13)26-12-22-16)24-11-14-4-3-9-21-19(14)23-15-5-1-2-6-17(15)24/h1-10,12H,11H2,(H,21,23). The number of para-hydroxylation sites is 2. The zero-order valence-electron chi connectivity index (χ0n) is 13.7. The number of hydrogen-bond acceptors (Lipinski definition) is 5. The summed E-state index contributed by atoms with van der Waals surface area (Å²) in [5, 5.41) is 3.35. The van der Waals surface area contributed by atoms with Crippen molar-refractivity contribution in [3.8, 4) is 0 Å². The number of carbonyl (C=O) groups is 1. The van der Waals surface area contributed by atoms with Gasteiger partial charge in [-0.25, -0.2) is 9.97 Å². The number of anilines is 3. The van der Waals surface area contributed by atoms with E-state index in [0.29, 0.717) is 12.1 Å². The van der Waals surface area contributed by atoms with E-state index in [2.05, 4.69) is 15.3 Å². The molecule has 2 aromatic carbocycles. The van der Waals surface area contributed by atoms with E-state index < -0.39 is 0 Å². The highest BCUT2D eigenvalue weighted by molar-refractivity contribution is 7.16. The van der Waals surface area contributed by atoms with Crippen LogP contribution in [0.4, 0.5) is 17.2 Å². The van der Waals surface area contributed by atoms with Crippen molar-refractivity contribution in [2.24, 2.45) is 0 Å². The monoisotopic (exact) mass is 358 g/mol. The Balaban J connectivity index is 1.63. The van der Waals surface area contributed by atoms with Crippen LogP contribution in [-0.2, 0) is 6.54 Å². The van der Waals surface area contributed by atoms with Crippen LogP contribution in [0.25, 0.3) is 10.2 Å².